The van der Waals surface area contributed by atoms with Crippen LogP contribution in [0, 0.1) is 5.92 Å². The third kappa shape index (κ3) is 57.3. The van der Waals surface area contributed by atoms with Gasteiger partial charge in [0.15, 0.2) is 6.10 Å². The minimum atomic E-state index is -0.763. The molecule has 416 valence electrons. The third-order valence-electron chi connectivity index (χ3n) is 14.8. The number of rotatable bonds is 59. The summed E-state index contributed by atoms with van der Waals surface area (Å²) >= 11 is 0. The maximum atomic E-state index is 12.9. The number of esters is 3. The Kier molecular flexibility index (Phi) is 57.0. The van der Waals surface area contributed by atoms with Gasteiger partial charge >= 0.3 is 17.9 Å². The molecule has 0 aliphatic rings. The van der Waals surface area contributed by atoms with Crippen LogP contribution in [-0.4, -0.2) is 37.2 Å². The van der Waals surface area contributed by atoms with Gasteiger partial charge in [-0.25, -0.2) is 0 Å². The highest BCUT2D eigenvalue weighted by atomic mass is 16.6. The van der Waals surface area contributed by atoms with Crippen LogP contribution < -0.4 is 0 Å². The topological polar surface area (TPSA) is 78.9 Å². The van der Waals surface area contributed by atoms with E-state index in [1.54, 1.807) is 0 Å². The van der Waals surface area contributed by atoms with Gasteiger partial charge in [0.05, 0.1) is 0 Å². The van der Waals surface area contributed by atoms with Crippen molar-refractivity contribution in [1.29, 1.82) is 0 Å². The molecular formula is C64H124O6. The number of hydrogen-bond donors (Lipinski definition) is 0. The molecule has 0 unspecified atom stereocenters. The molecule has 0 radical (unpaired) electrons. The van der Waals surface area contributed by atoms with Crippen LogP contribution in [0.1, 0.15) is 368 Å². The molecule has 6 nitrogen and oxygen atoms in total. The van der Waals surface area contributed by atoms with Crippen LogP contribution in [0.25, 0.3) is 0 Å². The van der Waals surface area contributed by atoms with Gasteiger partial charge < -0.3 is 14.2 Å². The highest BCUT2D eigenvalue weighted by Gasteiger charge is 2.19. The van der Waals surface area contributed by atoms with Gasteiger partial charge in [0.1, 0.15) is 13.2 Å². The Morgan fingerprint density at radius 1 is 0.271 bits per heavy atom. The Morgan fingerprint density at radius 3 is 0.700 bits per heavy atom. The average Bonchev–Trinajstić information content (AvgIpc) is 3.35. The van der Waals surface area contributed by atoms with Crippen LogP contribution >= 0.6 is 0 Å². The fourth-order valence-electron chi connectivity index (χ4n) is 9.99. The van der Waals surface area contributed by atoms with E-state index in [0.29, 0.717) is 19.3 Å². The predicted octanol–water partition coefficient (Wildman–Crippen LogP) is 21.4. The van der Waals surface area contributed by atoms with Crippen molar-refractivity contribution in [2.75, 3.05) is 13.2 Å². The molecule has 6 heteroatoms. The van der Waals surface area contributed by atoms with Crippen LogP contribution in [0.3, 0.4) is 0 Å². The Morgan fingerprint density at radius 2 is 0.471 bits per heavy atom. The highest BCUT2D eigenvalue weighted by molar-refractivity contribution is 5.71. The first-order valence-corrected chi connectivity index (χ1v) is 31.9. The molecule has 0 aromatic heterocycles. The Hall–Kier alpha value is -1.59. The lowest BCUT2D eigenvalue weighted by Crippen LogP contribution is -2.30. The maximum Gasteiger partial charge on any atom is 0.306 e. The van der Waals surface area contributed by atoms with E-state index in [1.807, 2.05) is 0 Å². The van der Waals surface area contributed by atoms with Crippen LogP contribution in [0.4, 0.5) is 0 Å². The van der Waals surface area contributed by atoms with Crippen molar-refractivity contribution in [2.24, 2.45) is 5.92 Å². The first kappa shape index (κ1) is 68.4. The number of carbonyl (C=O) groups is 3. The van der Waals surface area contributed by atoms with E-state index in [4.69, 9.17) is 14.2 Å². The molecule has 0 saturated heterocycles. The maximum absolute atomic E-state index is 12.9. The summed E-state index contributed by atoms with van der Waals surface area (Å²) in [5, 5.41) is 0. The van der Waals surface area contributed by atoms with Crippen LogP contribution in [0.2, 0.25) is 0 Å². The van der Waals surface area contributed by atoms with Crippen molar-refractivity contribution in [3.8, 4) is 0 Å². The van der Waals surface area contributed by atoms with Crippen LogP contribution in [0.5, 0.6) is 0 Å². The highest BCUT2D eigenvalue weighted by Crippen LogP contribution is 2.19. The molecule has 0 heterocycles. The molecule has 0 saturated carbocycles. The smallest absolute Gasteiger partial charge is 0.306 e. The zero-order valence-corrected chi connectivity index (χ0v) is 48.0. The number of carbonyl (C=O) groups excluding carboxylic acids is 3. The summed E-state index contributed by atoms with van der Waals surface area (Å²) in [6.07, 6.45) is 65.3. The molecule has 0 aliphatic carbocycles. The van der Waals surface area contributed by atoms with Gasteiger partial charge in [-0.15, -0.1) is 0 Å². The van der Waals surface area contributed by atoms with E-state index in [9.17, 15) is 14.4 Å². The van der Waals surface area contributed by atoms with Crippen molar-refractivity contribution >= 4 is 17.9 Å². The summed E-state index contributed by atoms with van der Waals surface area (Å²) in [6.45, 7) is 9.09. The van der Waals surface area contributed by atoms with Crippen molar-refractivity contribution in [1.82, 2.24) is 0 Å². The molecular weight excluding hydrogens is 865 g/mol. The summed E-state index contributed by atoms with van der Waals surface area (Å²) in [6, 6.07) is 0. The van der Waals surface area contributed by atoms with Crippen molar-refractivity contribution < 1.29 is 28.6 Å². The summed E-state index contributed by atoms with van der Waals surface area (Å²) in [5.41, 5.74) is 0. The molecule has 0 aliphatic heterocycles. The number of hydrogen-bond acceptors (Lipinski definition) is 6. The molecule has 0 spiro atoms. The van der Waals surface area contributed by atoms with E-state index >= 15 is 0 Å². The van der Waals surface area contributed by atoms with Gasteiger partial charge in [-0.05, 0) is 25.2 Å². The zero-order chi connectivity index (χ0) is 50.9. The lowest BCUT2D eigenvalue weighted by molar-refractivity contribution is -0.167. The first-order valence-electron chi connectivity index (χ1n) is 31.9. The SMILES string of the molecule is CCCCCCCCCCCCCCCCCCCCCC(=O)O[C@H](COC(=O)CCCCCCCCCCCCCCCCCC)COC(=O)CCCCCCCCCCCCCCCCC(C)C. The molecule has 70 heavy (non-hydrogen) atoms. The van der Waals surface area contributed by atoms with E-state index < -0.39 is 6.10 Å². The van der Waals surface area contributed by atoms with Crippen LogP contribution in [0.15, 0.2) is 0 Å². The van der Waals surface area contributed by atoms with Crippen molar-refractivity contribution in [3.63, 3.8) is 0 Å². The lowest BCUT2D eigenvalue weighted by Gasteiger charge is -2.18. The minimum absolute atomic E-state index is 0.0612. The molecule has 0 aromatic rings. The molecule has 0 bridgehead atoms. The van der Waals surface area contributed by atoms with E-state index in [0.717, 1.165) is 63.7 Å². The van der Waals surface area contributed by atoms with E-state index in [2.05, 4.69) is 27.7 Å². The van der Waals surface area contributed by atoms with Crippen molar-refractivity contribution in [3.05, 3.63) is 0 Å². The second-order valence-electron chi connectivity index (χ2n) is 22.5. The van der Waals surface area contributed by atoms with Gasteiger partial charge in [0.2, 0.25) is 0 Å². The van der Waals surface area contributed by atoms with Gasteiger partial charge in [0.25, 0.3) is 0 Å². The lowest BCUT2D eigenvalue weighted by atomic mass is 10.0. The largest absolute Gasteiger partial charge is 0.462 e. The van der Waals surface area contributed by atoms with Gasteiger partial charge in [-0.2, -0.15) is 0 Å². The molecule has 1 atom stereocenters. The van der Waals surface area contributed by atoms with Gasteiger partial charge in [-0.1, -0.05) is 329 Å². The monoisotopic (exact) mass is 989 g/mol. The quantitative estimate of drug-likeness (QED) is 0.0343. The Balaban J connectivity index is 4.28. The second kappa shape index (κ2) is 58.3. The molecule has 0 amide bonds. The van der Waals surface area contributed by atoms with Gasteiger partial charge in [-0.3, -0.25) is 14.4 Å². The number of ether oxygens (including phenoxy) is 3. The van der Waals surface area contributed by atoms with Crippen LogP contribution in [-0.2, 0) is 28.6 Å². The number of unbranched alkanes of at least 4 members (excludes halogenated alkanes) is 46. The standard InChI is InChI=1S/C64H124O6/c1-5-7-9-11-13-15-17-19-21-23-24-25-27-33-37-41-45-49-53-57-64(67)70-61(58-68-62(65)55-51-47-43-39-35-31-26-22-20-18-16-14-12-10-8-6-2)59-69-63(66)56-52-48-44-40-36-32-29-28-30-34-38-42-46-50-54-60(3)4/h60-61H,5-59H2,1-4H3/t61-/m1/s1. The summed E-state index contributed by atoms with van der Waals surface area (Å²) in [5.74, 6) is 0.0173. The second-order valence-corrected chi connectivity index (χ2v) is 22.5. The summed E-state index contributed by atoms with van der Waals surface area (Å²) in [7, 11) is 0. The summed E-state index contributed by atoms with van der Waals surface area (Å²) in [4.78, 5) is 38.3. The molecule has 0 fully saturated rings. The third-order valence-corrected chi connectivity index (χ3v) is 14.8. The first-order chi connectivity index (χ1) is 34.4. The summed E-state index contributed by atoms with van der Waals surface area (Å²) < 4.78 is 17.0. The fraction of sp³-hybridized carbons (Fsp3) is 0.953. The normalized spacial score (nSPS) is 12.0. The average molecular weight is 990 g/mol. The molecule has 0 N–H and O–H groups in total. The van der Waals surface area contributed by atoms with Crippen molar-refractivity contribution in [2.45, 2.75) is 374 Å². The zero-order valence-electron chi connectivity index (χ0n) is 48.0. The minimum Gasteiger partial charge on any atom is -0.462 e. The molecule has 0 rings (SSSR count). The van der Waals surface area contributed by atoms with Gasteiger partial charge in [0, 0.05) is 19.3 Å². The Bertz CT molecular complexity index is 1060. The Labute approximate surface area is 438 Å². The van der Waals surface area contributed by atoms with E-state index in [-0.39, 0.29) is 31.1 Å². The predicted molar refractivity (Wildman–Crippen MR) is 303 cm³/mol. The van der Waals surface area contributed by atoms with E-state index in [1.165, 1.54) is 263 Å². The molecule has 0 aromatic carbocycles. The fourth-order valence-corrected chi connectivity index (χ4v) is 9.99.